The standard InChI is InChI=1S/C18H21N5O3/c1-21-15-10-12(23-8-6-22(11-24)7-9-23)2-3-13(15)17(20-21)14-4-5-16(25)19-18(14)26/h2-3,10-11,14H,4-9H2,1H3,(H,19,25,26). The zero-order chi connectivity index (χ0) is 18.3. The van der Waals surface area contributed by atoms with Crippen molar-refractivity contribution in [3.05, 3.63) is 23.9 Å². The van der Waals surface area contributed by atoms with Crippen molar-refractivity contribution >= 4 is 34.8 Å². The van der Waals surface area contributed by atoms with Gasteiger partial charge < -0.3 is 9.80 Å². The number of rotatable bonds is 3. The molecule has 2 aliphatic heterocycles. The molecule has 1 aromatic carbocycles. The van der Waals surface area contributed by atoms with E-state index in [1.165, 1.54) is 0 Å². The summed E-state index contributed by atoms with van der Waals surface area (Å²) in [7, 11) is 1.87. The summed E-state index contributed by atoms with van der Waals surface area (Å²) in [6.45, 7) is 3.02. The van der Waals surface area contributed by atoms with Gasteiger partial charge in [-0.25, -0.2) is 0 Å². The third-order valence-corrected chi connectivity index (χ3v) is 5.26. The summed E-state index contributed by atoms with van der Waals surface area (Å²) in [5.74, 6) is -0.878. The molecule has 0 spiro atoms. The summed E-state index contributed by atoms with van der Waals surface area (Å²) in [5, 5.41) is 7.92. The molecule has 8 nitrogen and oxygen atoms in total. The Hall–Kier alpha value is -2.90. The van der Waals surface area contributed by atoms with Gasteiger partial charge in [0.05, 0.1) is 17.1 Å². The molecule has 136 valence electrons. The number of piperazine rings is 1. The van der Waals surface area contributed by atoms with E-state index in [4.69, 9.17) is 0 Å². The maximum atomic E-state index is 12.2. The third-order valence-electron chi connectivity index (χ3n) is 5.26. The molecule has 2 aliphatic rings. The molecule has 4 rings (SSSR count). The number of imide groups is 1. The second-order valence-corrected chi connectivity index (χ2v) is 6.84. The Bertz CT molecular complexity index is 882. The topological polar surface area (TPSA) is 87.5 Å². The van der Waals surface area contributed by atoms with Gasteiger partial charge in [-0.1, -0.05) is 0 Å². The fourth-order valence-electron chi connectivity index (χ4n) is 3.77. The molecule has 2 fully saturated rings. The van der Waals surface area contributed by atoms with Crippen molar-refractivity contribution in [1.29, 1.82) is 0 Å². The van der Waals surface area contributed by atoms with Crippen LogP contribution in [-0.2, 0) is 21.4 Å². The van der Waals surface area contributed by atoms with E-state index in [-0.39, 0.29) is 11.8 Å². The highest BCUT2D eigenvalue weighted by atomic mass is 16.2. The van der Waals surface area contributed by atoms with Crippen molar-refractivity contribution in [2.75, 3.05) is 31.1 Å². The smallest absolute Gasteiger partial charge is 0.235 e. The van der Waals surface area contributed by atoms with Crippen molar-refractivity contribution < 1.29 is 14.4 Å². The van der Waals surface area contributed by atoms with E-state index in [2.05, 4.69) is 21.4 Å². The van der Waals surface area contributed by atoms with Crippen molar-refractivity contribution in [2.45, 2.75) is 18.8 Å². The van der Waals surface area contributed by atoms with Crippen LogP contribution in [0.4, 0.5) is 5.69 Å². The number of nitrogens with one attached hydrogen (secondary N) is 1. The van der Waals surface area contributed by atoms with Gasteiger partial charge in [-0.3, -0.25) is 24.4 Å². The van der Waals surface area contributed by atoms with Crippen molar-refractivity contribution in [1.82, 2.24) is 20.0 Å². The minimum Gasteiger partial charge on any atom is -0.368 e. The Morgan fingerprint density at radius 3 is 2.65 bits per heavy atom. The van der Waals surface area contributed by atoms with E-state index in [0.29, 0.717) is 25.9 Å². The molecule has 1 aromatic heterocycles. The predicted molar refractivity (Wildman–Crippen MR) is 95.7 cm³/mol. The van der Waals surface area contributed by atoms with E-state index in [0.717, 1.165) is 41.8 Å². The number of carbonyl (C=O) groups is 3. The molecule has 1 atom stereocenters. The third kappa shape index (κ3) is 2.81. The Kier molecular flexibility index (Phi) is 4.10. The molecule has 0 saturated carbocycles. The number of aryl methyl sites for hydroxylation is 1. The van der Waals surface area contributed by atoms with Gasteiger partial charge in [-0.05, 0) is 24.6 Å². The molecule has 0 aliphatic carbocycles. The molecular weight excluding hydrogens is 334 g/mol. The first-order valence-electron chi connectivity index (χ1n) is 8.81. The number of benzene rings is 1. The molecular formula is C18H21N5O3. The molecule has 1 unspecified atom stereocenters. The molecule has 3 heterocycles. The largest absolute Gasteiger partial charge is 0.368 e. The van der Waals surface area contributed by atoms with Crippen LogP contribution in [0.2, 0.25) is 0 Å². The van der Waals surface area contributed by atoms with E-state index >= 15 is 0 Å². The Balaban J connectivity index is 1.64. The van der Waals surface area contributed by atoms with E-state index < -0.39 is 5.92 Å². The number of aromatic nitrogens is 2. The van der Waals surface area contributed by atoms with Crippen molar-refractivity contribution in [2.24, 2.45) is 7.05 Å². The first-order chi connectivity index (χ1) is 12.6. The number of piperidine rings is 1. The first kappa shape index (κ1) is 16.6. The van der Waals surface area contributed by atoms with Crippen LogP contribution in [0.25, 0.3) is 10.9 Å². The average Bonchev–Trinajstić information content (AvgIpc) is 2.98. The lowest BCUT2D eigenvalue weighted by Crippen LogP contribution is -2.45. The van der Waals surface area contributed by atoms with Crippen LogP contribution in [0, 0.1) is 0 Å². The Morgan fingerprint density at radius 2 is 1.96 bits per heavy atom. The van der Waals surface area contributed by atoms with Gasteiger partial charge in [0.1, 0.15) is 0 Å². The minimum atomic E-state index is -0.390. The minimum absolute atomic E-state index is 0.219. The summed E-state index contributed by atoms with van der Waals surface area (Å²) >= 11 is 0. The van der Waals surface area contributed by atoms with Crippen molar-refractivity contribution in [3.8, 4) is 0 Å². The van der Waals surface area contributed by atoms with E-state index in [1.807, 2.05) is 19.2 Å². The fraction of sp³-hybridized carbons (Fsp3) is 0.444. The van der Waals surface area contributed by atoms with Gasteiger partial charge in [0.15, 0.2) is 0 Å². The first-order valence-corrected chi connectivity index (χ1v) is 8.81. The van der Waals surface area contributed by atoms with Crippen LogP contribution < -0.4 is 10.2 Å². The lowest BCUT2D eigenvalue weighted by Gasteiger charge is -2.34. The van der Waals surface area contributed by atoms with E-state index in [9.17, 15) is 14.4 Å². The normalized spacial score (nSPS) is 21.2. The summed E-state index contributed by atoms with van der Waals surface area (Å²) in [5.41, 5.74) is 2.77. The summed E-state index contributed by atoms with van der Waals surface area (Å²) in [4.78, 5) is 38.5. The van der Waals surface area contributed by atoms with Gasteiger partial charge in [0.2, 0.25) is 18.2 Å². The highest BCUT2D eigenvalue weighted by Gasteiger charge is 2.31. The van der Waals surface area contributed by atoms with Crippen LogP contribution in [0.15, 0.2) is 18.2 Å². The molecule has 3 amide bonds. The molecule has 0 bridgehead atoms. The SMILES string of the molecule is Cn1nc(C2CCC(=O)NC2=O)c2ccc(N3CCN(C=O)CC3)cc21. The average molecular weight is 355 g/mol. The van der Waals surface area contributed by atoms with Crippen LogP contribution >= 0.6 is 0 Å². The predicted octanol–water partition coefficient (Wildman–Crippen LogP) is 0.372. The Morgan fingerprint density at radius 1 is 1.19 bits per heavy atom. The number of anilines is 1. The quantitative estimate of drug-likeness (QED) is 0.635. The number of carbonyl (C=O) groups excluding carboxylic acids is 3. The van der Waals surface area contributed by atoms with Gasteiger partial charge in [0.25, 0.3) is 0 Å². The maximum Gasteiger partial charge on any atom is 0.235 e. The van der Waals surface area contributed by atoms with Crippen LogP contribution in [0.5, 0.6) is 0 Å². The molecule has 2 aromatic rings. The Labute approximate surface area is 150 Å². The monoisotopic (exact) mass is 355 g/mol. The van der Waals surface area contributed by atoms with E-state index in [1.54, 1.807) is 9.58 Å². The van der Waals surface area contributed by atoms with Gasteiger partial charge in [-0.2, -0.15) is 5.10 Å². The summed E-state index contributed by atoms with van der Waals surface area (Å²) < 4.78 is 1.79. The molecule has 8 heteroatoms. The highest BCUT2D eigenvalue weighted by molar-refractivity contribution is 6.02. The van der Waals surface area contributed by atoms with Crippen LogP contribution in [-0.4, -0.2) is 59.1 Å². The second kappa shape index (κ2) is 6.44. The molecule has 0 radical (unpaired) electrons. The van der Waals surface area contributed by atoms with Gasteiger partial charge in [0, 0.05) is 50.7 Å². The van der Waals surface area contributed by atoms with Gasteiger partial charge in [-0.15, -0.1) is 0 Å². The lowest BCUT2D eigenvalue weighted by molar-refractivity contribution is -0.134. The molecule has 2 saturated heterocycles. The number of hydrogen-bond donors (Lipinski definition) is 1. The molecule has 1 N–H and O–H groups in total. The van der Waals surface area contributed by atoms with Crippen LogP contribution in [0.3, 0.4) is 0 Å². The second-order valence-electron chi connectivity index (χ2n) is 6.84. The lowest BCUT2D eigenvalue weighted by atomic mass is 9.93. The fourth-order valence-corrected chi connectivity index (χ4v) is 3.77. The number of amides is 3. The number of nitrogens with zero attached hydrogens (tertiary/aromatic N) is 4. The maximum absolute atomic E-state index is 12.2. The zero-order valence-electron chi connectivity index (χ0n) is 14.6. The molecule has 26 heavy (non-hydrogen) atoms. The number of fused-ring (bicyclic) bond motifs is 1. The van der Waals surface area contributed by atoms with Crippen LogP contribution in [0.1, 0.15) is 24.5 Å². The zero-order valence-corrected chi connectivity index (χ0v) is 14.6. The number of hydrogen-bond acceptors (Lipinski definition) is 5. The highest BCUT2D eigenvalue weighted by Crippen LogP contribution is 2.32. The van der Waals surface area contributed by atoms with Crippen molar-refractivity contribution in [3.63, 3.8) is 0 Å². The summed E-state index contributed by atoms with van der Waals surface area (Å²) in [6, 6.07) is 6.12. The van der Waals surface area contributed by atoms with Gasteiger partial charge >= 0.3 is 0 Å². The summed E-state index contributed by atoms with van der Waals surface area (Å²) in [6.07, 6.45) is 1.73.